The van der Waals surface area contributed by atoms with Crippen molar-refractivity contribution in [3.8, 4) is 0 Å². The Balaban J connectivity index is 2.51. The number of ketones is 1. The minimum absolute atomic E-state index is 0.0109. The van der Waals surface area contributed by atoms with Crippen LogP contribution in [-0.2, 0) is 0 Å². The highest BCUT2D eigenvalue weighted by molar-refractivity contribution is 5.95. The van der Waals surface area contributed by atoms with Crippen LogP contribution in [0, 0.1) is 5.92 Å². The van der Waals surface area contributed by atoms with E-state index >= 15 is 0 Å². The van der Waals surface area contributed by atoms with Gasteiger partial charge in [0, 0.05) is 23.8 Å². The summed E-state index contributed by atoms with van der Waals surface area (Å²) >= 11 is 0. The van der Waals surface area contributed by atoms with Crippen LogP contribution in [0.1, 0.15) is 31.1 Å². The van der Waals surface area contributed by atoms with Crippen molar-refractivity contribution in [1.29, 1.82) is 0 Å². The SMILES string of the molecule is CC(=O)c1ccc(NC(=O)NCC(C(C)C)N(C)C)cc1. The molecule has 1 aromatic carbocycles. The van der Waals surface area contributed by atoms with Crippen molar-refractivity contribution < 1.29 is 9.59 Å². The van der Waals surface area contributed by atoms with E-state index in [9.17, 15) is 9.59 Å². The van der Waals surface area contributed by atoms with Crippen molar-refractivity contribution >= 4 is 17.5 Å². The highest BCUT2D eigenvalue weighted by Gasteiger charge is 2.16. The average molecular weight is 291 g/mol. The van der Waals surface area contributed by atoms with Gasteiger partial charge in [-0.15, -0.1) is 0 Å². The second-order valence-electron chi connectivity index (χ2n) is 5.74. The minimum atomic E-state index is -0.238. The van der Waals surface area contributed by atoms with Crippen LogP contribution in [0.25, 0.3) is 0 Å². The molecule has 5 nitrogen and oxygen atoms in total. The second-order valence-corrected chi connectivity index (χ2v) is 5.74. The van der Waals surface area contributed by atoms with Crippen LogP contribution in [0.5, 0.6) is 0 Å². The summed E-state index contributed by atoms with van der Waals surface area (Å²) in [5.74, 6) is 0.465. The molecule has 0 radical (unpaired) electrons. The monoisotopic (exact) mass is 291 g/mol. The van der Waals surface area contributed by atoms with E-state index in [0.29, 0.717) is 23.7 Å². The van der Waals surface area contributed by atoms with Crippen molar-refractivity contribution in [3.05, 3.63) is 29.8 Å². The first-order valence-electron chi connectivity index (χ1n) is 7.13. The molecule has 0 aliphatic carbocycles. The maximum atomic E-state index is 11.9. The predicted octanol–water partition coefficient (Wildman–Crippen LogP) is 2.60. The normalized spacial score (nSPS) is 12.3. The van der Waals surface area contributed by atoms with Gasteiger partial charge < -0.3 is 15.5 Å². The highest BCUT2D eigenvalue weighted by atomic mass is 16.2. The van der Waals surface area contributed by atoms with Gasteiger partial charge in [-0.3, -0.25) is 4.79 Å². The maximum Gasteiger partial charge on any atom is 0.319 e. The Morgan fingerprint density at radius 1 is 1.14 bits per heavy atom. The van der Waals surface area contributed by atoms with Crippen molar-refractivity contribution in [2.24, 2.45) is 5.92 Å². The number of hydrogen-bond acceptors (Lipinski definition) is 3. The molecule has 0 spiro atoms. The fourth-order valence-corrected chi connectivity index (χ4v) is 2.18. The topological polar surface area (TPSA) is 61.4 Å². The van der Waals surface area contributed by atoms with E-state index < -0.39 is 0 Å². The van der Waals surface area contributed by atoms with Gasteiger partial charge in [-0.25, -0.2) is 4.79 Å². The summed E-state index contributed by atoms with van der Waals surface area (Å²) in [4.78, 5) is 25.2. The Labute approximate surface area is 126 Å². The first-order chi connectivity index (χ1) is 9.81. The Kier molecular flexibility index (Phi) is 6.37. The van der Waals surface area contributed by atoms with Gasteiger partial charge in [-0.05, 0) is 51.2 Å². The van der Waals surface area contributed by atoms with Gasteiger partial charge in [0.1, 0.15) is 0 Å². The van der Waals surface area contributed by atoms with Gasteiger partial charge in [-0.2, -0.15) is 0 Å². The number of likely N-dealkylation sites (N-methyl/N-ethyl adjacent to an activating group) is 1. The quantitative estimate of drug-likeness (QED) is 0.792. The fourth-order valence-electron chi connectivity index (χ4n) is 2.18. The highest BCUT2D eigenvalue weighted by Crippen LogP contribution is 2.10. The Morgan fingerprint density at radius 3 is 2.14 bits per heavy atom. The Morgan fingerprint density at radius 2 is 1.71 bits per heavy atom. The number of amides is 2. The molecule has 0 aromatic heterocycles. The molecule has 1 atom stereocenters. The van der Waals surface area contributed by atoms with Crippen molar-refractivity contribution in [3.63, 3.8) is 0 Å². The summed E-state index contributed by atoms with van der Waals surface area (Å²) in [6.45, 7) is 6.36. The lowest BCUT2D eigenvalue weighted by atomic mass is 10.0. The molecule has 0 saturated heterocycles. The van der Waals surface area contributed by atoms with Gasteiger partial charge in [0.15, 0.2) is 5.78 Å². The van der Waals surface area contributed by atoms with Crippen molar-refractivity contribution in [2.45, 2.75) is 26.8 Å². The first kappa shape index (κ1) is 17.2. The zero-order chi connectivity index (χ0) is 16.0. The standard InChI is InChI=1S/C16H25N3O2/c1-11(2)15(19(4)5)10-17-16(21)18-14-8-6-13(7-9-14)12(3)20/h6-9,11,15H,10H2,1-5H3,(H2,17,18,21). The number of benzene rings is 1. The van der Waals surface area contributed by atoms with E-state index in [-0.39, 0.29) is 17.9 Å². The number of anilines is 1. The second kappa shape index (κ2) is 7.78. The predicted molar refractivity (Wildman–Crippen MR) is 85.8 cm³/mol. The lowest BCUT2D eigenvalue weighted by molar-refractivity contribution is 0.101. The third kappa shape index (κ3) is 5.55. The number of Topliss-reactive ketones (excluding diaryl/α,β-unsaturated/α-hetero) is 1. The molecule has 0 aliphatic rings. The number of carbonyl (C=O) groups is 2. The largest absolute Gasteiger partial charge is 0.336 e. The van der Waals surface area contributed by atoms with Crippen LogP contribution >= 0.6 is 0 Å². The summed E-state index contributed by atoms with van der Waals surface area (Å²) < 4.78 is 0. The van der Waals surface area contributed by atoms with E-state index in [1.807, 2.05) is 14.1 Å². The molecular weight excluding hydrogens is 266 g/mol. The molecule has 0 saturated carbocycles. The van der Waals surface area contributed by atoms with Gasteiger partial charge in [-0.1, -0.05) is 13.8 Å². The maximum absolute atomic E-state index is 11.9. The number of carbonyl (C=O) groups excluding carboxylic acids is 2. The number of nitrogens with zero attached hydrogens (tertiary/aromatic N) is 1. The molecule has 0 fully saturated rings. The number of rotatable bonds is 6. The van der Waals surface area contributed by atoms with Crippen LogP contribution in [0.3, 0.4) is 0 Å². The molecule has 5 heteroatoms. The van der Waals surface area contributed by atoms with E-state index in [4.69, 9.17) is 0 Å². The molecule has 1 aromatic rings. The Bertz CT molecular complexity index is 473. The molecular formula is C16H25N3O2. The van der Waals surface area contributed by atoms with Gasteiger partial charge in [0.05, 0.1) is 0 Å². The molecule has 1 unspecified atom stereocenters. The molecule has 0 bridgehead atoms. The summed E-state index contributed by atoms with van der Waals surface area (Å²) in [7, 11) is 4.01. The molecule has 2 amide bonds. The van der Waals surface area contributed by atoms with E-state index in [1.54, 1.807) is 24.3 Å². The third-order valence-corrected chi connectivity index (χ3v) is 3.45. The van der Waals surface area contributed by atoms with Crippen molar-refractivity contribution in [1.82, 2.24) is 10.2 Å². The van der Waals surface area contributed by atoms with E-state index in [1.165, 1.54) is 6.92 Å². The van der Waals surface area contributed by atoms with E-state index in [2.05, 4.69) is 29.4 Å². The lowest BCUT2D eigenvalue weighted by Crippen LogP contribution is -2.44. The van der Waals surface area contributed by atoms with Gasteiger partial charge >= 0.3 is 6.03 Å². The van der Waals surface area contributed by atoms with Crippen LogP contribution in [0.2, 0.25) is 0 Å². The molecule has 116 valence electrons. The molecule has 0 aliphatic heterocycles. The average Bonchev–Trinajstić information content (AvgIpc) is 2.38. The molecule has 1 rings (SSSR count). The zero-order valence-corrected chi connectivity index (χ0v) is 13.4. The fraction of sp³-hybridized carbons (Fsp3) is 0.500. The van der Waals surface area contributed by atoms with Crippen LogP contribution in [0.15, 0.2) is 24.3 Å². The third-order valence-electron chi connectivity index (χ3n) is 3.45. The molecule has 2 N–H and O–H groups in total. The molecule has 21 heavy (non-hydrogen) atoms. The number of urea groups is 1. The summed E-state index contributed by atoms with van der Waals surface area (Å²) in [6.07, 6.45) is 0. The van der Waals surface area contributed by atoms with Crippen molar-refractivity contribution in [2.75, 3.05) is 26.0 Å². The summed E-state index contributed by atoms with van der Waals surface area (Å²) in [5, 5.41) is 5.63. The lowest BCUT2D eigenvalue weighted by Gasteiger charge is -2.28. The number of nitrogens with one attached hydrogen (secondary N) is 2. The zero-order valence-electron chi connectivity index (χ0n) is 13.4. The van der Waals surface area contributed by atoms with Crippen LogP contribution < -0.4 is 10.6 Å². The van der Waals surface area contributed by atoms with Crippen LogP contribution in [-0.4, -0.2) is 43.4 Å². The smallest absolute Gasteiger partial charge is 0.319 e. The van der Waals surface area contributed by atoms with Gasteiger partial charge in [0.25, 0.3) is 0 Å². The first-order valence-corrected chi connectivity index (χ1v) is 7.13. The minimum Gasteiger partial charge on any atom is -0.336 e. The summed E-state index contributed by atoms with van der Waals surface area (Å²) in [6, 6.07) is 6.90. The van der Waals surface area contributed by atoms with Gasteiger partial charge in [0.2, 0.25) is 0 Å². The summed E-state index contributed by atoms with van der Waals surface area (Å²) in [5.41, 5.74) is 1.30. The van der Waals surface area contributed by atoms with E-state index in [0.717, 1.165) is 0 Å². The molecule has 0 heterocycles. The van der Waals surface area contributed by atoms with Crippen LogP contribution in [0.4, 0.5) is 10.5 Å². The Hall–Kier alpha value is -1.88. The number of hydrogen-bond donors (Lipinski definition) is 2.